The lowest BCUT2D eigenvalue weighted by Gasteiger charge is -2.17. The quantitative estimate of drug-likeness (QED) is 0.460. The topological polar surface area (TPSA) is 55.9 Å². The summed E-state index contributed by atoms with van der Waals surface area (Å²) in [5.41, 5.74) is 3.76. The molecule has 0 amide bonds. The molecule has 0 fully saturated rings. The third-order valence-electron chi connectivity index (χ3n) is 2.88. The minimum atomic E-state index is -0.0473. The first-order chi connectivity index (χ1) is 9.65. The summed E-state index contributed by atoms with van der Waals surface area (Å²) in [4.78, 5) is 1.18. The summed E-state index contributed by atoms with van der Waals surface area (Å²) in [6, 6.07) is 8.12. The third kappa shape index (κ3) is 3.77. The molecule has 20 heavy (non-hydrogen) atoms. The Balaban J connectivity index is 2.11. The molecule has 4 nitrogen and oxygen atoms in total. The highest BCUT2D eigenvalue weighted by Crippen LogP contribution is 2.29. The number of aryl methyl sites for hydroxylation is 1. The van der Waals surface area contributed by atoms with E-state index in [1.807, 2.05) is 23.7 Å². The van der Waals surface area contributed by atoms with Crippen molar-refractivity contribution in [3.8, 4) is 0 Å². The molecular formula is C13H16BrClN4S. The average Bonchev–Trinajstić information content (AvgIpc) is 2.81. The Morgan fingerprint density at radius 2 is 2.35 bits per heavy atom. The van der Waals surface area contributed by atoms with Crippen LogP contribution in [0.1, 0.15) is 18.7 Å². The molecule has 1 aromatic heterocycles. The zero-order chi connectivity index (χ0) is 14.5. The van der Waals surface area contributed by atoms with E-state index in [0.717, 1.165) is 22.5 Å². The number of hydrogen-bond donors (Lipinski definition) is 2. The summed E-state index contributed by atoms with van der Waals surface area (Å²) < 4.78 is 2.94. The molecule has 0 aliphatic heterocycles. The van der Waals surface area contributed by atoms with E-state index in [0.29, 0.717) is 5.02 Å². The number of nitrogens with one attached hydrogen (secondary N) is 1. The van der Waals surface area contributed by atoms with Gasteiger partial charge in [-0.2, -0.15) is 5.10 Å². The van der Waals surface area contributed by atoms with Gasteiger partial charge in [-0.25, -0.2) is 0 Å². The second kappa shape index (κ2) is 7.47. The van der Waals surface area contributed by atoms with Crippen molar-refractivity contribution in [1.82, 2.24) is 15.2 Å². The summed E-state index contributed by atoms with van der Waals surface area (Å²) in [7, 11) is 0. The van der Waals surface area contributed by atoms with E-state index in [1.54, 1.807) is 18.0 Å². The fraction of sp³-hybridized carbons (Fsp3) is 0.308. The van der Waals surface area contributed by atoms with Crippen molar-refractivity contribution in [1.29, 1.82) is 0 Å². The molecule has 2 aromatic rings. The maximum Gasteiger partial charge on any atom is 0.0834 e. The minimum absolute atomic E-state index is 0.0473. The van der Waals surface area contributed by atoms with Gasteiger partial charge in [0.15, 0.2) is 0 Å². The van der Waals surface area contributed by atoms with Crippen LogP contribution in [0.2, 0.25) is 5.02 Å². The van der Waals surface area contributed by atoms with Gasteiger partial charge in [-0.05, 0) is 25.1 Å². The molecule has 0 saturated heterocycles. The first kappa shape index (κ1) is 15.9. The van der Waals surface area contributed by atoms with Crippen molar-refractivity contribution >= 4 is 39.3 Å². The van der Waals surface area contributed by atoms with Crippen LogP contribution in [0.5, 0.6) is 0 Å². The maximum absolute atomic E-state index is 6.21. The molecule has 0 aliphatic rings. The molecule has 7 heteroatoms. The summed E-state index contributed by atoms with van der Waals surface area (Å²) in [6.07, 6.45) is 1.66. The predicted octanol–water partition coefficient (Wildman–Crippen LogP) is 3.62. The molecule has 0 spiro atoms. The lowest BCUT2D eigenvalue weighted by Crippen LogP contribution is -2.31. The number of nitrogens with two attached hydrogens (primary N) is 1. The van der Waals surface area contributed by atoms with Crippen molar-refractivity contribution in [2.45, 2.75) is 24.4 Å². The SMILES string of the molecule is CCn1ncc(Cl)c1C(CSc1cccc(Br)c1)NN. The molecular weight excluding hydrogens is 360 g/mol. The van der Waals surface area contributed by atoms with Gasteiger partial charge in [0.05, 0.1) is 23.0 Å². The number of hydrogen-bond acceptors (Lipinski definition) is 4. The fourth-order valence-electron chi connectivity index (χ4n) is 1.91. The summed E-state index contributed by atoms with van der Waals surface area (Å²) >= 11 is 11.4. The van der Waals surface area contributed by atoms with Crippen LogP contribution in [-0.2, 0) is 6.54 Å². The fourth-order valence-corrected chi connectivity index (χ4v) is 3.73. The second-order valence-corrected chi connectivity index (χ2v) is 6.60. The van der Waals surface area contributed by atoms with E-state index in [2.05, 4.69) is 38.6 Å². The molecule has 0 radical (unpaired) electrons. The highest BCUT2D eigenvalue weighted by Gasteiger charge is 2.19. The van der Waals surface area contributed by atoms with Crippen molar-refractivity contribution in [2.24, 2.45) is 5.84 Å². The van der Waals surface area contributed by atoms with Crippen molar-refractivity contribution in [3.63, 3.8) is 0 Å². The normalized spacial score (nSPS) is 12.6. The molecule has 1 heterocycles. The number of thioether (sulfide) groups is 1. The Morgan fingerprint density at radius 1 is 1.55 bits per heavy atom. The lowest BCUT2D eigenvalue weighted by atomic mass is 10.2. The second-order valence-electron chi connectivity index (χ2n) is 4.18. The Kier molecular flexibility index (Phi) is 5.92. The van der Waals surface area contributed by atoms with Gasteiger partial charge in [-0.3, -0.25) is 16.0 Å². The number of halogens is 2. The molecule has 3 N–H and O–H groups in total. The molecule has 1 unspecified atom stereocenters. The van der Waals surface area contributed by atoms with Crippen LogP contribution in [0.3, 0.4) is 0 Å². The van der Waals surface area contributed by atoms with Crippen LogP contribution >= 0.6 is 39.3 Å². The van der Waals surface area contributed by atoms with E-state index < -0.39 is 0 Å². The summed E-state index contributed by atoms with van der Waals surface area (Å²) in [6.45, 7) is 2.80. The van der Waals surface area contributed by atoms with E-state index >= 15 is 0 Å². The van der Waals surface area contributed by atoms with E-state index in [4.69, 9.17) is 17.4 Å². The molecule has 0 saturated carbocycles. The first-order valence-corrected chi connectivity index (χ1v) is 8.37. The van der Waals surface area contributed by atoms with Gasteiger partial charge in [0, 0.05) is 21.7 Å². The van der Waals surface area contributed by atoms with Crippen LogP contribution in [0.15, 0.2) is 39.8 Å². The number of nitrogens with zero attached hydrogens (tertiary/aromatic N) is 2. The van der Waals surface area contributed by atoms with Crippen LogP contribution in [-0.4, -0.2) is 15.5 Å². The zero-order valence-corrected chi connectivity index (χ0v) is 14.2. The van der Waals surface area contributed by atoms with Crippen LogP contribution < -0.4 is 11.3 Å². The third-order valence-corrected chi connectivity index (χ3v) is 4.75. The van der Waals surface area contributed by atoms with E-state index in [9.17, 15) is 0 Å². The number of hydrazine groups is 1. The molecule has 2 rings (SSSR count). The van der Waals surface area contributed by atoms with Gasteiger partial charge in [0.25, 0.3) is 0 Å². The highest BCUT2D eigenvalue weighted by molar-refractivity contribution is 9.10. The number of benzene rings is 1. The van der Waals surface area contributed by atoms with Gasteiger partial charge in [-0.15, -0.1) is 11.8 Å². The Labute approximate surface area is 136 Å². The summed E-state index contributed by atoms with van der Waals surface area (Å²) in [5.74, 6) is 6.45. The van der Waals surface area contributed by atoms with E-state index in [-0.39, 0.29) is 6.04 Å². The summed E-state index contributed by atoms with van der Waals surface area (Å²) in [5, 5.41) is 4.89. The monoisotopic (exact) mass is 374 g/mol. The predicted molar refractivity (Wildman–Crippen MR) is 87.8 cm³/mol. The van der Waals surface area contributed by atoms with Gasteiger partial charge in [0.2, 0.25) is 0 Å². The number of aromatic nitrogens is 2. The first-order valence-electron chi connectivity index (χ1n) is 6.21. The Hall–Kier alpha value is -0.530. The number of rotatable bonds is 6. The van der Waals surface area contributed by atoms with Crippen molar-refractivity contribution < 1.29 is 0 Å². The van der Waals surface area contributed by atoms with Gasteiger partial charge in [-0.1, -0.05) is 33.6 Å². The molecule has 0 aliphatic carbocycles. The Bertz CT molecular complexity index is 575. The smallest absolute Gasteiger partial charge is 0.0834 e. The standard InChI is InChI=1S/C13H16BrClN4S/c1-2-19-13(11(15)7-17-19)12(18-16)8-20-10-5-3-4-9(14)6-10/h3-7,12,18H,2,8,16H2,1H3. The van der Waals surface area contributed by atoms with Gasteiger partial charge in [0.1, 0.15) is 0 Å². The molecule has 1 aromatic carbocycles. The van der Waals surface area contributed by atoms with Crippen molar-refractivity contribution in [3.05, 3.63) is 45.7 Å². The zero-order valence-electron chi connectivity index (χ0n) is 11.0. The maximum atomic E-state index is 6.21. The molecule has 1 atom stereocenters. The van der Waals surface area contributed by atoms with Gasteiger partial charge < -0.3 is 0 Å². The van der Waals surface area contributed by atoms with Crippen LogP contribution in [0.25, 0.3) is 0 Å². The average molecular weight is 376 g/mol. The minimum Gasteiger partial charge on any atom is -0.271 e. The lowest BCUT2D eigenvalue weighted by molar-refractivity contribution is 0.528. The van der Waals surface area contributed by atoms with Crippen molar-refractivity contribution in [2.75, 3.05) is 5.75 Å². The Morgan fingerprint density at radius 3 is 3.00 bits per heavy atom. The van der Waals surface area contributed by atoms with Gasteiger partial charge >= 0.3 is 0 Å². The molecule has 108 valence electrons. The van der Waals surface area contributed by atoms with Crippen LogP contribution in [0, 0.1) is 0 Å². The van der Waals surface area contributed by atoms with Crippen LogP contribution in [0.4, 0.5) is 0 Å². The van der Waals surface area contributed by atoms with E-state index in [1.165, 1.54) is 4.90 Å². The highest BCUT2D eigenvalue weighted by atomic mass is 79.9. The largest absolute Gasteiger partial charge is 0.271 e. The molecule has 0 bridgehead atoms.